The van der Waals surface area contributed by atoms with E-state index in [1.165, 1.54) is 0 Å². The summed E-state index contributed by atoms with van der Waals surface area (Å²) in [6.07, 6.45) is 4.52. The smallest absolute Gasteiger partial charge is 0.247 e. The maximum absolute atomic E-state index is 12.5. The van der Waals surface area contributed by atoms with E-state index in [0.29, 0.717) is 31.8 Å². The highest BCUT2D eigenvalue weighted by atomic mass is 16.3. The van der Waals surface area contributed by atoms with Crippen LogP contribution in [0.4, 0.5) is 0 Å². The number of fused-ring (bicyclic) bond motifs is 1. The van der Waals surface area contributed by atoms with Crippen molar-refractivity contribution in [1.29, 1.82) is 0 Å². The lowest BCUT2D eigenvalue weighted by Crippen LogP contribution is -2.46. The molecule has 7 nitrogen and oxygen atoms in total. The molecule has 3 rings (SSSR count). The van der Waals surface area contributed by atoms with Crippen molar-refractivity contribution in [3.63, 3.8) is 0 Å². The Hall–Kier alpha value is -2.57. The zero-order valence-electron chi connectivity index (χ0n) is 13.1. The van der Waals surface area contributed by atoms with Crippen LogP contribution in [0.25, 0.3) is 0 Å². The van der Waals surface area contributed by atoms with Gasteiger partial charge in [0.15, 0.2) is 0 Å². The van der Waals surface area contributed by atoms with Crippen LogP contribution >= 0.6 is 0 Å². The van der Waals surface area contributed by atoms with Crippen LogP contribution in [0.5, 0.6) is 0 Å². The number of amides is 2. The highest BCUT2D eigenvalue weighted by Crippen LogP contribution is 2.21. The van der Waals surface area contributed by atoms with E-state index in [1.54, 1.807) is 34.2 Å². The van der Waals surface area contributed by atoms with E-state index in [1.807, 2.05) is 13.0 Å². The summed E-state index contributed by atoms with van der Waals surface area (Å²) in [6, 6.07) is 4.92. The summed E-state index contributed by atoms with van der Waals surface area (Å²) in [7, 11) is 0. The predicted molar refractivity (Wildman–Crippen MR) is 82.1 cm³/mol. The SMILES string of the molecule is CCCC(=O)N1Cc2ccnn2[C@@H](C(=O)NCc2ccco2)C1. The Morgan fingerprint density at radius 1 is 1.43 bits per heavy atom. The Morgan fingerprint density at radius 3 is 3.04 bits per heavy atom. The first-order valence-electron chi connectivity index (χ1n) is 7.79. The number of carbonyl (C=O) groups excluding carboxylic acids is 2. The average Bonchev–Trinajstić information content (AvgIpc) is 3.22. The van der Waals surface area contributed by atoms with Gasteiger partial charge in [-0.3, -0.25) is 14.3 Å². The van der Waals surface area contributed by atoms with Gasteiger partial charge in [0.2, 0.25) is 11.8 Å². The first-order valence-corrected chi connectivity index (χ1v) is 7.79. The fourth-order valence-electron chi connectivity index (χ4n) is 2.75. The predicted octanol–water partition coefficient (Wildman–Crippen LogP) is 1.48. The highest BCUT2D eigenvalue weighted by molar-refractivity contribution is 5.82. The van der Waals surface area contributed by atoms with Crippen molar-refractivity contribution in [2.45, 2.75) is 38.9 Å². The van der Waals surface area contributed by atoms with Crippen molar-refractivity contribution in [3.8, 4) is 0 Å². The summed E-state index contributed by atoms with van der Waals surface area (Å²) < 4.78 is 6.92. The molecule has 0 radical (unpaired) electrons. The fraction of sp³-hybridized carbons (Fsp3) is 0.438. The van der Waals surface area contributed by atoms with Gasteiger partial charge in [-0.2, -0.15) is 5.10 Å². The molecule has 23 heavy (non-hydrogen) atoms. The zero-order valence-corrected chi connectivity index (χ0v) is 13.1. The largest absolute Gasteiger partial charge is 0.467 e. The van der Waals surface area contributed by atoms with Crippen molar-refractivity contribution < 1.29 is 14.0 Å². The molecule has 0 unspecified atom stereocenters. The molecule has 1 aliphatic rings. The topological polar surface area (TPSA) is 80.4 Å². The van der Waals surface area contributed by atoms with E-state index >= 15 is 0 Å². The molecule has 1 atom stereocenters. The monoisotopic (exact) mass is 316 g/mol. The number of aromatic nitrogens is 2. The lowest BCUT2D eigenvalue weighted by molar-refractivity contribution is -0.135. The molecule has 7 heteroatoms. The number of hydrogen-bond acceptors (Lipinski definition) is 4. The lowest BCUT2D eigenvalue weighted by Gasteiger charge is -2.33. The summed E-state index contributed by atoms with van der Waals surface area (Å²) in [5, 5.41) is 7.08. The average molecular weight is 316 g/mol. The second-order valence-electron chi connectivity index (χ2n) is 5.60. The number of nitrogens with zero attached hydrogens (tertiary/aromatic N) is 3. The third kappa shape index (κ3) is 3.28. The van der Waals surface area contributed by atoms with Crippen LogP contribution in [-0.2, 0) is 22.7 Å². The minimum absolute atomic E-state index is 0.0729. The Labute approximate surface area is 134 Å². The van der Waals surface area contributed by atoms with E-state index in [-0.39, 0.29) is 11.8 Å². The summed E-state index contributed by atoms with van der Waals surface area (Å²) >= 11 is 0. The zero-order chi connectivity index (χ0) is 16.2. The molecule has 1 N–H and O–H groups in total. The first-order chi connectivity index (χ1) is 11.2. The van der Waals surface area contributed by atoms with Crippen LogP contribution in [-0.4, -0.2) is 33.0 Å². The molecule has 3 heterocycles. The van der Waals surface area contributed by atoms with Crippen molar-refractivity contribution in [2.24, 2.45) is 0 Å². The Kier molecular flexibility index (Phi) is 4.45. The van der Waals surface area contributed by atoms with Crippen molar-refractivity contribution in [2.75, 3.05) is 6.54 Å². The van der Waals surface area contributed by atoms with E-state index in [2.05, 4.69) is 10.4 Å². The summed E-state index contributed by atoms with van der Waals surface area (Å²) in [6.45, 7) is 3.14. The van der Waals surface area contributed by atoms with Crippen LogP contribution in [0.3, 0.4) is 0 Å². The second kappa shape index (κ2) is 6.68. The van der Waals surface area contributed by atoms with E-state index < -0.39 is 6.04 Å². The van der Waals surface area contributed by atoms with E-state index in [0.717, 1.165) is 12.1 Å². The maximum Gasteiger partial charge on any atom is 0.247 e. The van der Waals surface area contributed by atoms with Gasteiger partial charge in [-0.1, -0.05) is 6.92 Å². The minimum atomic E-state index is -0.510. The molecule has 0 saturated heterocycles. The molecule has 0 fully saturated rings. The quantitative estimate of drug-likeness (QED) is 0.906. The van der Waals surface area contributed by atoms with Crippen LogP contribution in [0, 0.1) is 0 Å². The van der Waals surface area contributed by atoms with Gasteiger partial charge >= 0.3 is 0 Å². The van der Waals surface area contributed by atoms with Gasteiger partial charge in [0.05, 0.1) is 31.6 Å². The third-order valence-corrected chi connectivity index (χ3v) is 3.93. The Morgan fingerprint density at radius 2 is 2.30 bits per heavy atom. The lowest BCUT2D eigenvalue weighted by atomic mass is 10.1. The normalized spacial score (nSPS) is 16.9. The number of hydrogen-bond donors (Lipinski definition) is 1. The molecule has 0 saturated carbocycles. The fourth-order valence-corrected chi connectivity index (χ4v) is 2.75. The molecular formula is C16H20N4O3. The van der Waals surface area contributed by atoms with E-state index in [9.17, 15) is 9.59 Å². The van der Waals surface area contributed by atoms with Crippen molar-refractivity contribution in [1.82, 2.24) is 20.0 Å². The summed E-state index contributed by atoms with van der Waals surface area (Å²) in [4.78, 5) is 26.5. The number of nitrogens with one attached hydrogen (secondary N) is 1. The van der Waals surface area contributed by atoms with Gasteiger partial charge < -0.3 is 14.6 Å². The molecule has 122 valence electrons. The molecular weight excluding hydrogens is 296 g/mol. The van der Waals surface area contributed by atoms with Crippen LogP contribution in [0.2, 0.25) is 0 Å². The first kappa shape index (κ1) is 15.3. The molecule has 0 bridgehead atoms. The van der Waals surface area contributed by atoms with Crippen LogP contribution in [0.1, 0.15) is 37.3 Å². The van der Waals surface area contributed by atoms with Crippen LogP contribution in [0.15, 0.2) is 35.1 Å². The van der Waals surface area contributed by atoms with E-state index in [4.69, 9.17) is 4.42 Å². The van der Waals surface area contributed by atoms with Gasteiger partial charge in [0.25, 0.3) is 0 Å². The Bertz CT molecular complexity index is 677. The van der Waals surface area contributed by atoms with Gasteiger partial charge in [-0.05, 0) is 24.6 Å². The standard InChI is InChI=1S/C16H20N4O3/c1-2-4-15(21)19-10-12-6-7-18-20(12)14(11-19)16(22)17-9-13-5-3-8-23-13/h3,5-8,14H,2,4,9-11H2,1H3,(H,17,22)/t14-/m1/s1. The Balaban J connectivity index is 1.72. The van der Waals surface area contributed by atoms with Gasteiger partial charge in [0, 0.05) is 12.6 Å². The number of carbonyl (C=O) groups is 2. The highest BCUT2D eigenvalue weighted by Gasteiger charge is 2.32. The molecule has 2 amide bonds. The summed E-state index contributed by atoms with van der Waals surface area (Å²) in [5.74, 6) is 0.595. The van der Waals surface area contributed by atoms with Gasteiger partial charge in [0.1, 0.15) is 11.8 Å². The van der Waals surface area contributed by atoms with Crippen molar-refractivity contribution >= 4 is 11.8 Å². The molecule has 1 aliphatic heterocycles. The molecule has 2 aromatic rings. The molecule has 0 aliphatic carbocycles. The second-order valence-corrected chi connectivity index (χ2v) is 5.60. The van der Waals surface area contributed by atoms with Crippen molar-refractivity contribution in [3.05, 3.63) is 42.1 Å². The third-order valence-electron chi connectivity index (χ3n) is 3.93. The van der Waals surface area contributed by atoms with Crippen LogP contribution < -0.4 is 5.32 Å². The van der Waals surface area contributed by atoms with Gasteiger partial charge in [-0.15, -0.1) is 0 Å². The number of rotatable bonds is 5. The maximum atomic E-state index is 12.5. The molecule has 0 spiro atoms. The number of furan rings is 1. The molecule has 0 aromatic carbocycles. The van der Waals surface area contributed by atoms with Gasteiger partial charge in [-0.25, -0.2) is 0 Å². The minimum Gasteiger partial charge on any atom is -0.467 e. The summed E-state index contributed by atoms with van der Waals surface area (Å²) in [5.41, 5.74) is 0.874. The molecule has 2 aromatic heterocycles.